The van der Waals surface area contributed by atoms with Crippen LogP contribution >= 0.6 is 0 Å². The molecule has 1 unspecified atom stereocenters. The molecule has 0 radical (unpaired) electrons. The smallest absolute Gasteiger partial charge is 0.349 e. The Morgan fingerprint density at radius 2 is 1.95 bits per heavy atom. The summed E-state index contributed by atoms with van der Waals surface area (Å²) in [6.45, 7) is 2.63. The molecule has 20 heavy (non-hydrogen) atoms. The molecular weight excluding hydrogens is 267 g/mol. The van der Waals surface area contributed by atoms with Crippen molar-refractivity contribution in [1.82, 2.24) is 15.3 Å². The highest BCUT2D eigenvalue weighted by molar-refractivity contribution is 5.26. The standard InChI is InChI=1S/C14H16F3N3/c1-10(18-7-6-13-19-8-9-20-13)11-2-4-12(5-3-11)14(15,16)17/h2-5,8-10,18H,6-7H2,1H3,(H,19,20). The fourth-order valence-electron chi connectivity index (χ4n) is 1.92. The second-order valence-corrected chi connectivity index (χ2v) is 4.58. The van der Waals surface area contributed by atoms with Crippen LogP contribution in [-0.2, 0) is 12.6 Å². The van der Waals surface area contributed by atoms with E-state index in [9.17, 15) is 13.2 Å². The molecule has 1 aromatic heterocycles. The summed E-state index contributed by atoms with van der Waals surface area (Å²) in [6.07, 6.45) is -0.0876. The monoisotopic (exact) mass is 283 g/mol. The summed E-state index contributed by atoms with van der Waals surface area (Å²) in [5, 5.41) is 3.25. The van der Waals surface area contributed by atoms with Crippen LogP contribution in [0.1, 0.15) is 29.9 Å². The molecule has 0 spiro atoms. The highest BCUT2D eigenvalue weighted by Gasteiger charge is 2.30. The topological polar surface area (TPSA) is 40.7 Å². The largest absolute Gasteiger partial charge is 0.416 e. The molecular formula is C14H16F3N3. The average molecular weight is 283 g/mol. The van der Waals surface area contributed by atoms with E-state index in [0.717, 1.165) is 29.9 Å². The van der Waals surface area contributed by atoms with Gasteiger partial charge in [0.05, 0.1) is 5.56 Å². The van der Waals surface area contributed by atoms with Crippen LogP contribution in [0.15, 0.2) is 36.7 Å². The molecule has 1 heterocycles. The first-order valence-corrected chi connectivity index (χ1v) is 6.35. The summed E-state index contributed by atoms with van der Waals surface area (Å²) in [5.41, 5.74) is 0.210. The molecule has 0 saturated heterocycles. The van der Waals surface area contributed by atoms with Crippen molar-refractivity contribution >= 4 is 0 Å². The third-order valence-corrected chi connectivity index (χ3v) is 3.11. The van der Waals surface area contributed by atoms with Crippen molar-refractivity contribution < 1.29 is 13.2 Å². The van der Waals surface area contributed by atoms with E-state index in [1.807, 2.05) is 6.92 Å². The van der Waals surface area contributed by atoms with Gasteiger partial charge in [0.2, 0.25) is 0 Å². The molecule has 0 aliphatic rings. The number of imidazole rings is 1. The molecule has 0 aliphatic heterocycles. The maximum Gasteiger partial charge on any atom is 0.416 e. The molecule has 2 N–H and O–H groups in total. The first kappa shape index (κ1) is 14.6. The Hall–Kier alpha value is -1.82. The Balaban J connectivity index is 1.87. The minimum Gasteiger partial charge on any atom is -0.349 e. The van der Waals surface area contributed by atoms with E-state index in [2.05, 4.69) is 15.3 Å². The molecule has 0 amide bonds. The lowest BCUT2D eigenvalue weighted by Crippen LogP contribution is -2.21. The van der Waals surface area contributed by atoms with Crippen LogP contribution in [-0.4, -0.2) is 16.5 Å². The first-order chi connectivity index (χ1) is 9.47. The number of nitrogens with zero attached hydrogens (tertiary/aromatic N) is 1. The number of alkyl halides is 3. The molecule has 0 fully saturated rings. The lowest BCUT2D eigenvalue weighted by molar-refractivity contribution is -0.137. The van der Waals surface area contributed by atoms with E-state index in [4.69, 9.17) is 0 Å². The Morgan fingerprint density at radius 1 is 1.25 bits per heavy atom. The van der Waals surface area contributed by atoms with Gasteiger partial charge in [-0.1, -0.05) is 12.1 Å². The Kier molecular flexibility index (Phi) is 4.44. The number of H-pyrrole nitrogens is 1. The number of hydrogen-bond donors (Lipinski definition) is 2. The molecule has 1 atom stereocenters. The minimum absolute atomic E-state index is 0.00718. The van der Waals surface area contributed by atoms with Crippen molar-refractivity contribution in [1.29, 1.82) is 0 Å². The van der Waals surface area contributed by atoms with Crippen LogP contribution in [0.4, 0.5) is 13.2 Å². The van der Waals surface area contributed by atoms with Crippen LogP contribution in [0.5, 0.6) is 0 Å². The van der Waals surface area contributed by atoms with Gasteiger partial charge in [-0.25, -0.2) is 4.98 Å². The van der Waals surface area contributed by atoms with Gasteiger partial charge in [-0.3, -0.25) is 0 Å². The summed E-state index contributed by atoms with van der Waals surface area (Å²) in [6, 6.07) is 5.23. The first-order valence-electron chi connectivity index (χ1n) is 6.35. The maximum absolute atomic E-state index is 12.5. The van der Waals surface area contributed by atoms with Crippen LogP contribution in [0.25, 0.3) is 0 Å². The SMILES string of the molecule is CC(NCCc1ncc[nH]1)c1ccc(C(F)(F)F)cc1. The highest BCUT2D eigenvalue weighted by atomic mass is 19.4. The summed E-state index contributed by atoms with van der Waals surface area (Å²) in [4.78, 5) is 7.10. The fourth-order valence-corrected chi connectivity index (χ4v) is 1.92. The number of aromatic nitrogens is 2. The summed E-state index contributed by atoms with van der Waals surface area (Å²) in [7, 11) is 0. The zero-order valence-electron chi connectivity index (χ0n) is 11.0. The molecule has 6 heteroatoms. The molecule has 0 saturated carbocycles. The lowest BCUT2D eigenvalue weighted by Gasteiger charge is -2.15. The van der Waals surface area contributed by atoms with E-state index >= 15 is 0 Å². The van der Waals surface area contributed by atoms with Crippen LogP contribution in [0.3, 0.4) is 0 Å². The van der Waals surface area contributed by atoms with Crippen molar-refractivity contribution in [2.24, 2.45) is 0 Å². The summed E-state index contributed by atoms with van der Waals surface area (Å²) in [5.74, 6) is 0.886. The quantitative estimate of drug-likeness (QED) is 0.883. The number of halogens is 3. The Bertz CT molecular complexity index is 518. The van der Waals surface area contributed by atoms with Crippen molar-refractivity contribution in [3.05, 3.63) is 53.6 Å². The molecule has 2 aromatic rings. The Labute approximate surface area is 115 Å². The molecule has 1 aromatic carbocycles. The van der Waals surface area contributed by atoms with Crippen molar-refractivity contribution in [3.8, 4) is 0 Å². The van der Waals surface area contributed by atoms with Crippen LogP contribution < -0.4 is 5.32 Å². The van der Waals surface area contributed by atoms with Gasteiger partial charge in [0, 0.05) is 31.4 Å². The predicted molar refractivity (Wildman–Crippen MR) is 70.2 cm³/mol. The second kappa shape index (κ2) is 6.09. The molecule has 108 valence electrons. The molecule has 0 bridgehead atoms. The van der Waals surface area contributed by atoms with E-state index in [1.165, 1.54) is 12.1 Å². The number of hydrogen-bond acceptors (Lipinski definition) is 2. The third kappa shape index (κ3) is 3.84. The summed E-state index contributed by atoms with van der Waals surface area (Å²) >= 11 is 0. The van der Waals surface area contributed by atoms with Gasteiger partial charge < -0.3 is 10.3 Å². The average Bonchev–Trinajstić information content (AvgIpc) is 2.91. The second-order valence-electron chi connectivity index (χ2n) is 4.58. The van der Waals surface area contributed by atoms with Crippen LogP contribution in [0, 0.1) is 0 Å². The van der Waals surface area contributed by atoms with E-state index in [0.29, 0.717) is 6.54 Å². The van der Waals surface area contributed by atoms with Crippen molar-refractivity contribution in [2.45, 2.75) is 25.6 Å². The minimum atomic E-state index is -4.28. The highest BCUT2D eigenvalue weighted by Crippen LogP contribution is 2.29. The van der Waals surface area contributed by atoms with Gasteiger partial charge in [-0.05, 0) is 24.6 Å². The van der Waals surface area contributed by atoms with Crippen LogP contribution in [0.2, 0.25) is 0 Å². The number of rotatable bonds is 5. The zero-order valence-corrected chi connectivity index (χ0v) is 11.0. The molecule has 2 rings (SSSR count). The number of aromatic amines is 1. The zero-order chi connectivity index (χ0) is 14.6. The maximum atomic E-state index is 12.5. The van der Waals surface area contributed by atoms with E-state index in [1.54, 1.807) is 12.4 Å². The van der Waals surface area contributed by atoms with Crippen molar-refractivity contribution in [3.63, 3.8) is 0 Å². The normalized spacial score (nSPS) is 13.4. The van der Waals surface area contributed by atoms with E-state index < -0.39 is 11.7 Å². The molecule has 0 aliphatic carbocycles. The van der Waals surface area contributed by atoms with Gasteiger partial charge >= 0.3 is 6.18 Å². The number of nitrogens with one attached hydrogen (secondary N) is 2. The summed E-state index contributed by atoms with van der Waals surface area (Å²) < 4.78 is 37.4. The fraction of sp³-hybridized carbons (Fsp3) is 0.357. The van der Waals surface area contributed by atoms with Gasteiger partial charge in [-0.15, -0.1) is 0 Å². The predicted octanol–water partition coefficient (Wildman–Crippen LogP) is 3.32. The van der Waals surface area contributed by atoms with Gasteiger partial charge in [-0.2, -0.15) is 13.2 Å². The third-order valence-electron chi connectivity index (χ3n) is 3.11. The van der Waals surface area contributed by atoms with Gasteiger partial charge in [0.15, 0.2) is 0 Å². The van der Waals surface area contributed by atoms with Gasteiger partial charge in [0.1, 0.15) is 5.82 Å². The van der Waals surface area contributed by atoms with E-state index in [-0.39, 0.29) is 6.04 Å². The number of benzene rings is 1. The van der Waals surface area contributed by atoms with Crippen molar-refractivity contribution in [2.75, 3.05) is 6.54 Å². The Morgan fingerprint density at radius 3 is 2.50 bits per heavy atom. The lowest BCUT2D eigenvalue weighted by atomic mass is 10.1. The van der Waals surface area contributed by atoms with Gasteiger partial charge in [0.25, 0.3) is 0 Å². The molecule has 3 nitrogen and oxygen atoms in total.